The van der Waals surface area contributed by atoms with Gasteiger partial charge in [-0.15, -0.1) is 11.3 Å². The summed E-state index contributed by atoms with van der Waals surface area (Å²) < 4.78 is 0. The lowest BCUT2D eigenvalue weighted by atomic mass is 10.2. The van der Waals surface area contributed by atoms with E-state index in [1.807, 2.05) is 0 Å². The van der Waals surface area contributed by atoms with Gasteiger partial charge in [-0.1, -0.05) is 6.92 Å². The highest BCUT2D eigenvalue weighted by Gasteiger charge is 2.12. The summed E-state index contributed by atoms with van der Waals surface area (Å²) in [5.74, 6) is 1.70. The first kappa shape index (κ1) is 16.0. The summed E-state index contributed by atoms with van der Waals surface area (Å²) in [4.78, 5) is 12.4. The molecule has 0 aromatic carbocycles. The molecule has 0 aliphatic rings. The maximum Gasteiger partial charge on any atom is 0.226 e. The van der Waals surface area contributed by atoms with E-state index in [1.165, 1.54) is 0 Å². The summed E-state index contributed by atoms with van der Waals surface area (Å²) in [6.07, 6.45) is 4.02. The van der Waals surface area contributed by atoms with Crippen LogP contribution in [-0.2, 0) is 0 Å². The lowest BCUT2D eigenvalue weighted by Crippen LogP contribution is -2.21. The molecule has 2 aromatic rings. The Morgan fingerprint density at radius 1 is 1.29 bits per heavy atom. The maximum absolute atomic E-state index is 8.84. The third-order valence-electron chi connectivity index (χ3n) is 3.35. The molecule has 2 aromatic heterocycles. The summed E-state index contributed by atoms with van der Waals surface area (Å²) in [6, 6.07) is 2.09. The second-order valence-corrected chi connectivity index (χ2v) is 6.04. The Balaban J connectivity index is 2.13. The number of nitrogens with zero attached hydrogens (tertiary/aromatic N) is 3. The average molecular weight is 308 g/mol. The molecule has 0 radical (unpaired) electrons. The summed E-state index contributed by atoms with van der Waals surface area (Å²) >= 11 is 1.65. The Hall–Kier alpha value is -1.40. The molecule has 0 fully saturated rings. The third-order valence-corrected chi connectivity index (χ3v) is 4.16. The highest BCUT2D eigenvalue weighted by atomic mass is 32.1. The van der Waals surface area contributed by atoms with Crippen LogP contribution in [0.3, 0.4) is 0 Å². The zero-order valence-electron chi connectivity index (χ0n) is 12.8. The van der Waals surface area contributed by atoms with Gasteiger partial charge in [0.05, 0.1) is 5.39 Å². The van der Waals surface area contributed by atoms with Crippen molar-refractivity contribution in [3.8, 4) is 0 Å². The summed E-state index contributed by atoms with van der Waals surface area (Å²) in [5.41, 5.74) is 0. The molecule has 0 saturated heterocycles. The SMILES string of the molecule is CCCNc1nc(N(C)CCCCCO)c2ccsc2n1. The van der Waals surface area contributed by atoms with Crippen molar-refractivity contribution in [1.82, 2.24) is 9.97 Å². The number of aromatic nitrogens is 2. The zero-order chi connectivity index (χ0) is 15.1. The van der Waals surface area contributed by atoms with Crippen molar-refractivity contribution in [1.29, 1.82) is 0 Å². The smallest absolute Gasteiger partial charge is 0.226 e. The molecule has 5 nitrogen and oxygen atoms in total. The molecule has 0 unspecified atom stereocenters. The van der Waals surface area contributed by atoms with Gasteiger partial charge in [-0.25, -0.2) is 4.98 Å². The largest absolute Gasteiger partial charge is 0.396 e. The predicted octanol–water partition coefficient (Wildman–Crippen LogP) is 3.11. The maximum atomic E-state index is 8.84. The Morgan fingerprint density at radius 2 is 2.14 bits per heavy atom. The number of fused-ring (bicyclic) bond motifs is 1. The van der Waals surface area contributed by atoms with Gasteiger partial charge in [-0.05, 0) is 37.1 Å². The van der Waals surface area contributed by atoms with Gasteiger partial charge >= 0.3 is 0 Å². The van der Waals surface area contributed by atoms with Crippen LogP contribution >= 0.6 is 11.3 Å². The molecule has 0 bridgehead atoms. The Bertz CT molecular complexity index is 558. The van der Waals surface area contributed by atoms with Gasteiger partial charge < -0.3 is 15.3 Å². The van der Waals surface area contributed by atoms with E-state index >= 15 is 0 Å². The fourth-order valence-electron chi connectivity index (χ4n) is 2.19. The average Bonchev–Trinajstić information content (AvgIpc) is 2.96. The van der Waals surface area contributed by atoms with Gasteiger partial charge in [-0.3, -0.25) is 0 Å². The molecule has 2 N–H and O–H groups in total. The first-order valence-electron chi connectivity index (χ1n) is 7.57. The van der Waals surface area contributed by atoms with Crippen LogP contribution in [0.1, 0.15) is 32.6 Å². The number of anilines is 2. The van der Waals surface area contributed by atoms with Crippen LogP contribution < -0.4 is 10.2 Å². The monoisotopic (exact) mass is 308 g/mol. The van der Waals surface area contributed by atoms with Crippen LogP contribution in [0.15, 0.2) is 11.4 Å². The van der Waals surface area contributed by atoms with Crippen molar-refractivity contribution in [2.75, 3.05) is 37.0 Å². The minimum atomic E-state index is 0.275. The lowest BCUT2D eigenvalue weighted by molar-refractivity contribution is 0.283. The van der Waals surface area contributed by atoms with Gasteiger partial charge in [0.25, 0.3) is 0 Å². The zero-order valence-corrected chi connectivity index (χ0v) is 13.6. The van der Waals surface area contributed by atoms with Crippen molar-refractivity contribution >= 4 is 33.3 Å². The van der Waals surface area contributed by atoms with E-state index in [1.54, 1.807) is 11.3 Å². The van der Waals surface area contributed by atoms with Gasteiger partial charge in [0.15, 0.2) is 0 Å². The number of rotatable bonds is 9. The molecule has 21 heavy (non-hydrogen) atoms. The number of hydrogen-bond donors (Lipinski definition) is 2. The first-order chi connectivity index (χ1) is 10.3. The molecule has 0 aliphatic heterocycles. The molecule has 6 heteroatoms. The van der Waals surface area contributed by atoms with Crippen molar-refractivity contribution < 1.29 is 5.11 Å². The number of nitrogens with one attached hydrogen (secondary N) is 1. The normalized spacial score (nSPS) is 11.0. The van der Waals surface area contributed by atoms with Crippen molar-refractivity contribution in [3.63, 3.8) is 0 Å². The Labute approximate surface area is 130 Å². The Morgan fingerprint density at radius 3 is 2.90 bits per heavy atom. The fraction of sp³-hybridized carbons (Fsp3) is 0.600. The van der Waals surface area contributed by atoms with E-state index < -0.39 is 0 Å². The number of aliphatic hydroxyl groups is 1. The van der Waals surface area contributed by atoms with Crippen LogP contribution in [0.5, 0.6) is 0 Å². The second-order valence-electron chi connectivity index (χ2n) is 5.14. The van der Waals surface area contributed by atoms with Crippen LogP contribution in [0.25, 0.3) is 10.2 Å². The van der Waals surface area contributed by atoms with Crippen molar-refractivity contribution in [3.05, 3.63) is 11.4 Å². The summed E-state index contributed by atoms with van der Waals surface area (Å²) in [7, 11) is 2.07. The molecule has 2 heterocycles. The topological polar surface area (TPSA) is 61.3 Å². The second kappa shape index (κ2) is 8.14. The minimum absolute atomic E-state index is 0.275. The summed E-state index contributed by atoms with van der Waals surface area (Å²) in [6.45, 7) is 4.23. The van der Waals surface area contributed by atoms with E-state index in [2.05, 4.69) is 45.6 Å². The molecule has 0 aliphatic carbocycles. The van der Waals surface area contributed by atoms with Gasteiger partial charge in [0.2, 0.25) is 5.95 Å². The van der Waals surface area contributed by atoms with Crippen LogP contribution in [0.4, 0.5) is 11.8 Å². The van der Waals surface area contributed by atoms with Crippen molar-refractivity contribution in [2.45, 2.75) is 32.6 Å². The van der Waals surface area contributed by atoms with E-state index in [9.17, 15) is 0 Å². The summed E-state index contributed by atoms with van der Waals surface area (Å²) in [5, 5.41) is 15.3. The molecular formula is C15H24N4OS. The van der Waals surface area contributed by atoms with Gasteiger partial charge in [0, 0.05) is 26.7 Å². The standard InChI is InChI=1S/C15H24N4OS/c1-3-8-16-15-17-13(12-7-11-21-14(12)18-15)19(2)9-5-4-6-10-20/h7,11,20H,3-6,8-10H2,1-2H3,(H,16,17,18). The van der Waals surface area contributed by atoms with E-state index in [4.69, 9.17) is 5.11 Å². The number of hydrogen-bond acceptors (Lipinski definition) is 6. The fourth-order valence-corrected chi connectivity index (χ4v) is 2.95. The highest BCUT2D eigenvalue weighted by Crippen LogP contribution is 2.28. The molecule has 0 atom stereocenters. The number of aliphatic hydroxyl groups excluding tert-OH is 1. The predicted molar refractivity (Wildman–Crippen MR) is 90.4 cm³/mol. The first-order valence-corrected chi connectivity index (χ1v) is 8.45. The molecule has 0 spiro atoms. The highest BCUT2D eigenvalue weighted by molar-refractivity contribution is 7.16. The number of unbranched alkanes of at least 4 members (excludes halogenated alkanes) is 2. The molecule has 0 amide bonds. The van der Waals surface area contributed by atoms with Gasteiger partial charge in [-0.2, -0.15) is 4.98 Å². The van der Waals surface area contributed by atoms with Crippen molar-refractivity contribution in [2.24, 2.45) is 0 Å². The van der Waals surface area contributed by atoms with E-state index in [0.29, 0.717) is 5.95 Å². The number of thiophene rings is 1. The molecule has 0 saturated carbocycles. The molecular weight excluding hydrogens is 284 g/mol. The molecule has 2 rings (SSSR count). The Kier molecular flexibility index (Phi) is 6.20. The van der Waals surface area contributed by atoms with Crippen LogP contribution in [0, 0.1) is 0 Å². The van der Waals surface area contributed by atoms with Gasteiger partial charge in [0.1, 0.15) is 10.6 Å². The van der Waals surface area contributed by atoms with E-state index in [-0.39, 0.29) is 6.61 Å². The quantitative estimate of drug-likeness (QED) is 0.697. The van der Waals surface area contributed by atoms with E-state index in [0.717, 1.165) is 54.8 Å². The molecule has 116 valence electrons. The third kappa shape index (κ3) is 4.28. The van der Waals surface area contributed by atoms with Crippen LogP contribution in [-0.4, -0.2) is 41.8 Å². The lowest BCUT2D eigenvalue weighted by Gasteiger charge is -2.19. The minimum Gasteiger partial charge on any atom is -0.396 e. The van der Waals surface area contributed by atoms with Crippen LogP contribution in [0.2, 0.25) is 0 Å².